The predicted molar refractivity (Wildman–Crippen MR) is 72.5 cm³/mol. The molecule has 1 N–H and O–H groups in total. The van der Waals surface area contributed by atoms with Gasteiger partial charge < -0.3 is 14.6 Å². The van der Waals surface area contributed by atoms with Gasteiger partial charge in [-0.3, -0.25) is 4.68 Å². The summed E-state index contributed by atoms with van der Waals surface area (Å²) in [5.74, 6) is 0. The van der Waals surface area contributed by atoms with Crippen molar-refractivity contribution in [3.05, 3.63) is 16.4 Å². The Bertz CT molecular complexity index is 357. The monoisotopic (exact) mass is 320 g/mol. The molecule has 0 saturated carbocycles. The second-order valence-corrected chi connectivity index (χ2v) is 4.79. The summed E-state index contributed by atoms with van der Waals surface area (Å²) in [7, 11) is 1.64. The van der Waals surface area contributed by atoms with E-state index in [4.69, 9.17) is 9.47 Å². The van der Waals surface area contributed by atoms with Gasteiger partial charge in [0.15, 0.2) is 0 Å². The minimum atomic E-state index is -0.691. The molecule has 1 aromatic rings. The third kappa shape index (κ3) is 3.78. The number of aromatic nitrogens is 2. The second-order valence-electron chi connectivity index (χ2n) is 3.94. The Balaban J connectivity index is 2.88. The van der Waals surface area contributed by atoms with Gasteiger partial charge in [-0.1, -0.05) is 6.92 Å². The maximum Gasteiger partial charge on any atom is 0.123 e. The summed E-state index contributed by atoms with van der Waals surface area (Å²) in [6.45, 7) is 5.66. The first-order chi connectivity index (χ1) is 8.65. The smallest absolute Gasteiger partial charge is 0.123 e. The van der Waals surface area contributed by atoms with Crippen LogP contribution in [0, 0.1) is 0 Å². The van der Waals surface area contributed by atoms with E-state index < -0.39 is 6.10 Å². The van der Waals surface area contributed by atoms with Crippen molar-refractivity contribution in [2.75, 3.05) is 20.3 Å². The Morgan fingerprint density at radius 2 is 2.22 bits per heavy atom. The number of methoxy groups -OCH3 is 1. The van der Waals surface area contributed by atoms with Crippen LogP contribution in [-0.2, 0) is 16.0 Å². The molecule has 0 aliphatic heterocycles. The number of hydrogen-bond donors (Lipinski definition) is 1. The van der Waals surface area contributed by atoms with Gasteiger partial charge >= 0.3 is 0 Å². The third-order valence-electron chi connectivity index (χ3n) is 2.76. The normalized spacial score (nSPS) is 14.7. The Kier molecular flexibility index (Phi) is 6.85. The first kappa shape index (κ1) is 15.6. The van der Waals surface area contributed by atoms with Crippen LogP contribution in [0.4, 0.5) is 0 Å². The van der Waals surface area contributed by atoms with Gasteiger partial charge in [0, 0.05) is 13.7 Å². The molecule has 0 aromatic carbocycles. The molecule has 0 amide bonds. The number of aliphatic hydroxyl groups excluding tert-OH is 1. The lowest BCUT2D eigenvalue weighted by Gasteiger charge is -2.22. The molecule has 2 unspecified atom stereocenters. The first-order valence-corrected chi connectivity index (χ1v) is 6.94. The molecule has 6 heteroatoms. The maximum atomic E-state index is 10.4. The first-order valence-electron chi connectivity index (χ1n) is 6.15. The minimum Gasteiger partial charge on any atom is -0.384 e. The number of nitrogens with zero attached hydrogens (tertiary/aromatic N) is 2. The van der Waals surface area contributed by atoms with Crippen molar-refractivity contribution in [1.82, 2.24) is 9.78 Å². The quantitative estimate of drug-likeness (QED) is 0.797. The summed E-state index contributed by atoms with van der Waals surface area (Å²) >= 11 is 3.42. The van der Waals surface area contributed by atoms with Crippen LogP contribution in [0.3, 0.4) is 0 Å². The highest BCUT2D eigenvalue weighted by Crippen LogP contribution is 2.28. The molecule has 1 heterocycles. The van der Waals surface area contributed by atoms with Crippen molar-refractivity contribution >= 4 is 15.9 Å². The molecule has 0 aliphatic rings. The number of halogens is 1. The van der Waals surface area contributed by atoms with Gasteiger partial charge in [0.05, 0.1) is 35.6 Å². The highest BCUT2D eigenvalue weighted by molar-refractivity contribution is 9.10. The lowest BCUT2D eigenvalue weighted by molar-refractivity contribution is -0.0397. The van der Waals surface area contributed by atoms with Gasteiger partial charge in [-0.15, -0.1) is 0 Å². The van der Waals surface area contributed by atoms with E-state index in [2.05, 4.69) is 21.0 Å². The fourth-order valence-electron chi connectivity index (χ4n) is 1.84. The number of rotatable bonds is 8. The summed E-state index contributed by atoms with van der Waals surface area (Å²) in [5.41, 5.74) is 0.743. The molecule has 0 aliphatic carbocycles. The SMILES string of the molecule is CCOC(CC)C(O)c1c(Br)cnn1CCOC. The zero-order chi connectivity index (χ0) is 13.5. The molecular formula is C12H21BrN2O3. The van der Waals surface area contributed by atoms with E-state index >= 15 is 0 Å². The van der Waals surface area contributed by atoms with Crippen LogP contribution in [0.15, 0.2) is 10.7 Å². The van der Waals surface area contributed by atoms with Crippen molar-refractivity contribution in [2.45, 2.75) is 39.0 Å². The molecule has 0 radical (unpaired) electrons. The van der Waals surface area contributed by atoms with Gasteiger partial charge in [0.2, 0.25) is 0 Å². The van der Waals surface area contributed by atoms with Crippen LogP contribution < -0.4 is 0 Å². The summed E-state index contributed by atoms with van der Waals surface area (Å²) in [5, 5.41) is 14.6. The van der Waals surface area contributed by atoms with Crippen LogP contribution >= 0.6 is 15.9 Å². The molecule has 1 rings (SSSR count). The molecule has 2 atom stereocenters. The average molecular weight is 321 g/mol. The van der Waals surface area contributed by atoms with Crippen LogP contribution in [0.1, 0.15) is 32.1 Å². The molecule has 104 valence electrons. The summed E-state index contributed by atoms with van der Waals surface area (Å²) in [4.78, 5) is 0. The molecule has 0 saturated heterocycles. The third-order valence-corrected chi connectivity index (χ3v) is 3.37. The topological polar surface area (TPSA) is 56.5 Å². The Labute approximate surface area is 116 Å². The van der Waals surface area contributed by atoms with E-state index in [1.165, 1.54) is 0 Å². The summed E-state index contributed by atoms with van der Waals surface area (Å²) < 4.78 is 13.1. The van der Waals surface area contributed by atoms with Gasteiger partial charge in [-0.05, 0) is 29.3 Å². The molecular weight excluding hydrogens is 300 g/mol. The zero-order valence-corrected chi connectivity index (χ0v) is 12.7. The van der Waals surface area contributed by atoms with E-state index in [1.807, 2.05) is 13.8 Å². The van der Waals surface area contributed by atoms with Crippen molar-refractivity contribution in [2.24, 2.45) is 0 Å². The Hall–Kier alpha value is -0.430. The number of hydrogen-bond acceptors (Lipinski definition) is 4. The van der Waals surface area contributed by atoms with Gasteiger partial charge in [-0.2, -0.15) is 5.10 Å². The lowest BCUT2D eigenvalue weighted by Crippen LogP contribution is -2.25. The Morgan fingerprint density at radius 3 is 2.78 bits per heavy atom. The van der Waals surface area contributed by atoms with E-state index in [0.717, 1.165) is 16.6 Å². The highest BCUT2D eigenvalue weighted by atomic mass is 79.9. The van der Waals surface area contributed by atoms with Crippen LogP contribution in [-0.4, -0.2) is 41.3 Å². The molecule has 1 aromatic heterocycles. The van der Waals surface area contributed by atoms with Crippen molar-refractivity contribution in [1.29, 1.82) is 0 Å². The minimum absolute atomic E-state index is 0.218. The number of ether oxygens (including phenoxy) is 2. The molecule has 0 bridgehead atoms. The van der Waals surface area contributed by atoms with Crippen LogP contribution in [0.2, 0.25) is 0 Å². The van der Waals surface area contributed by atoms with Crippen LogP contribution in [0.5, 0.6) is 0 Å². The molecule has 18 heavy (non-hydrogen) atoms. The van der Waals surface area contributed by atoms with Crippen molar-refractivity contribution < 1.29 is 14.6 Å². The van der Waals surface area contributed by atoms with E-state index in [9.17, 15) is 5.11 Å². The van der Waals surface area contributed by atoms with Gasteiger partial charge in [0.1, 0.15) is 6.10 Å². The Morgan fingerprint density at radius 1 is 1.50 bits per heavy atom. The standard InChI is InChI=1S/C12H21BrN2O3/c1-4-10(18-5-2)12(16)11-9(13)8-14-15(11)6-7-17-3/h8,10,12,16H,4-7H2,1-3H3. The summed E-state index contributed by atoms with van der Waals surface area (Å²) in [6.07, 6.45) is 1.53. The van der Waals surface area contributed by atoms with E-state index in [1.54, 1.807) is 18.0 Å². The second kappa shape index (κ2) is 7.89. The van der Waals surface area contributed by atoms with Gasteiger partial charge in [0.25, 0.3) is 0 Å². The lowest BCUT2D eigenvalue weighted by atomic mass is 10.1. The predicted octanol–water partition coefficient (Wildman–Crippen LogP) is 2.14. The van der Waals surface area contributed by atoms with Crippen molar-refractivity contribution in [3.63, 3.8) is 0 Å². The largest absolute Gasteiger partial charge is 0.384 e. The van der Waals surface area contributed by atoms with E-state index in [0.29, 0.717) is 19.8 Å². The van der Waals surface area contributed by atoms with E-state index in [-0.39, 0.29) is 6.10 Å². The fraction of sp³-hybridized carbons (Fsp3) is 0.750. The van der Waals surface area contributed by atoms with Crippen LogP contribution in [0.25, 0.3) is 0 Å². The molecule has 0 fully saturated rings. The highest BCUT2D eigenvalue weighted by Gasteiger charge is 2.25. The van der Waals surface area contributed by atoms with Crippen molar-refractivity contribution in [3.8, 4) is 0 Å². The van der Waals surface area contributed by atoms with Gasteiger partial charge in [-0.25, -0.2) is 0 Å². The average Bonchev–Trinajstić information content (AvgIpc) is 2.73. The molecule has 5 nitrogen and oxygen atoms in total. The maximum absolute atomic E-state index is 10.4. The molecule has 0 spiro atoms. The fourth-order valence-corrected chi connectivity index (χ4v) is 2.38. The summed E-state index contributed by atoms with van der Waals surface area (Å²) in [6, 6.07) is 0. The zero-order valence-electron chi connectivity index (χ0n) is 11.1. The number of aliphatic hydroxyl groups is 1.